The minimum atomic E-state index is 0.275. The summed E-state index contributed by atoms with van der Waals surface area (Å²) in [5.41, 5.74) is 4.23. The number of ketones is 1. The lowest BCUT2D eigenvalue weighted by Crippen LogP contribution is -2.06. The van der Waals surface area contributed by atoms with Crippen LogP contribution in [0.2, 0.25) is 0 Å². The van der Waals surface area contributed by atoms with Crippen LogP contribution in [0.4, 0.5) is 5.69 Å². The van der Waals surface area contributed by atoms with E-state index in [1.165, 1.54) is 42.5 Å². The van der Waals surface area contributed by atoms with Crippen molar-refractivity contribution < 1.29 is 4.79 Å². The Morgan fingerprint density at radius 1 is 1.24 bits per heavy atom. The van der Waals surface area contributed by atoms with E-state index in [1.54, 1.807) is 6.92 Å². The van der Waals surface area contributed by atoms with Gasteiger partial charge in [0.25, 0.3) is 0 Å². The quantitative estimate of drug-likeness (QED) is 0.787. The molecule has 0 atom stereocenters. The molecule has 0 spiro atoms. The molecule has 1 aromatic rings. The van der Waals surface area contributed by atoms with E-state index in [0.29, 0.717) is 6.42 Å². The first kappa shape index (κ1) is 12.2. The van der Waals surface area contributed by atoms with Crippen molar-refractivity contribution in [3.8, 4) is 0 Å². The van der Waals surface area contributed by atoms with Crippen LogP contribution in [-0.4, -0.2) is 12.3 Å². The molecule has 1 aliphatic rings. The SMILES string of the molecule is CC(=O)CCCNc1ccc2c(c1)CCCC2. The highest BCUT2D eigenvalue weighted by Gasteiger charge is 2.08. The molecule has 17 heavy (non-hydrogen) atoms. The van der Waals surface area contributed by atoms with Gasteiger partial charge in [0, 0.05) is 18.7 Å². The van der Waals surface area contributed by atoms with Gasteiger partial charge in [-0.05, 0) is 62.3 Å². The minimum Gasteiger partial charge on any atom is -0.385 e. The highest BCUT2D eigenvalue weighted by molar-refractivity contribution is 5.75. The molecule has 0 amide bonds. The zero-order valence-corrected chi connectivity index (χ0v) is 10.6. The fourth-order valence-electron chi connectivity index (χ4n) is 2.41. The fourth-order valence-corrected chi connectivity index (χ4v) is 2.41. The third-order valence-electron chi connectivity index (χ3n) is 3.38. The molecule has 0 fully saturated rings. The van der Waals surface area contributed by atoms with E-state index in [9.17, 15) is 4.79 Å². The Kier molecular flexibility index (Phi) is 4.18. The number of carbonyl (C=O) groups is 1. The van der Waals surface area contributed by atoms with Gasteiger partial charge in [0.2, 0.25) is 0 Å². The molecule has 2 heteroatoms. The summed E-state index contributed by atoms with van der Waals surface area (Å²) in [7, 11) is 0. The van der Waals surface area contributed by atoms with Gasteiger partial charge >= 0.3 is 0 Å². The molecule has 92 valence electrons. The zero-order valence-electron chi connectivity index (χ0n) is 10.6. The van der Waals surface area contributed by atoms with Gasteiger partial charge in [-0.1, -0.05) is 6.07 Å². The second-order valence-corrected chi connectivity index (χ2v) is 4.92. The van der Waals surface area contributed by atoms with Crippen LogP contribution in [0.25, 0.3) is 0 Å². The Hall–Kier alpha value is -1.31. The summed E-state index contributed by atoms with van der Waals surface area (Å²) in [6.45, 7) is 2.54. The van der Waals surface area contributed by atoms with Gasteiger partial charge in [0.1, 0.15) is 5.78 Å². The van der Waals surface area contributed by atoms with Crippen LogP contribution in [0.15, 0.2) is 18.2 Å². The number of Topliss-reactive ketones (excluding diaryl/α,β-unsaturated/α-hetero) is 1. The third-order valence-corrected chi connectivity index (χ3v) is 3.38. The number of rotatable bonds is 5. The van der Waals surface area contributed by atoms with E-state index in [0.717, 1.165) is 13.0 Å². The molecule has 1 aliphatic carbocycles. The highest BCUT2D eigenvalue weighted by atomic mass is 16.1. The van der Waals surface area contributed by atoms with E-state index in [2.05, 4.69) is 23.5 Å². The minimum absolute atomic E-state index is 0.275. The molecule has 2 nitrogen and oxygen atoms in total. The molecule has 0 unspecified atom stereocenters. The Bertz CT molecular complexity index is 398. The molecule has 0 aliphatic heterocycles. The van der Waals surface area contributed by atoms with E-state index in [4.69, 9.17) is 0 Å². The first-order valence-electron chi connectivity index (χ1n) is 6.61. The van der Waals surface area contributed by atoms with Gasteiger partial charge in [-0.25, -0.2) is 0 Å². The first-order chi connectivity index (χ1) is 8.25. The van der Waals surface area contributed by atoms with Crippen LogP contribution in [-0.2, 0) is 17.6 Å². The molecule has 0 radical (unpaired) electrons. The van der Waals surface area contributed by atoms with Gasteiger partial charge in [0.05, 0.1) is 0 Å². The largest absolute Gasteiger partial charge is 0.385 e. The molecule has 2 rings (SSSR count). The average Bonchev–Trinajstić information content (AvgIpc) is 2.34. The normalized spacial score (nSPS) is 14.2. The molecule has 1 N–H and O–H groups in total. The molecule has 0 aromatic heterocycles. The Morgan fingerprint density at radius 3 is 2.76 bits per heavy atom. The zero-order chi connectivity index (χ0) is 12.1. The van der Waals surface area contributed by atoms with E-state index in [-0.39, 0.29) is 5.78 Å². The van der Waals surface area contributed by atoms with Crippen molar-refractivity contribution in [2.24, 2.45) is 0 Å². The molecule has 0 saturated heterocycles. The van der Waals surface area contributed by atoms with Gasteiger partial charge < -0.3 is 10.1 Å². The van der Waals surface area contributed by atoms with Crippen molar-refractivity contribution in [1.82, 2.24) is 0 Å². The van der Waals surface area contributed by atoms with Crippen molar-refractivity contribution >= 4 is 11.5 Å². The van der Waals surface area contributed by atoms with E-state index >= 15 is 0 Å². The number of nitrogens with one attached hydrogen (secondary N) is 1. The topological polar surface area (TPSA) is 29.1 Å². The Morgan fingerprint density at radius 2 is 2.00 bits per heavy atom. The smallest absolute Gasteiger partial charge is 0.129 e. The molecule has 0 heterocycles. The predicted octanol–water partition coefficient (Wildman–Crippen LogP) is 3.35. The summed E-state index contributed by atoms with van der Waals surface area (Å²) in [4.78, 5) is 10.8. The monoisotopic (exact) mass is 231 g/mol. The maximum absolute atomic E-state index is 10.8. The first-order valence-corrected chi connectivity index (χ1v) is 6.61. The lowest BCUT2D eigenvalue weighted by Gasteiger charge is -2.17. The molecular formula is C15H21NO. The van der Waals surface area contributed by atoms with Crippen LogP contribution in [0.1, 0.15) is 43.7 Å². The number of anilines is 1. The maximum Gasteiger partial charge on any atom is 0.129 e. The van der Waals surface area contributed by atoms with Crippen molar-refractivity contribution in [3.05, 3.63) is 29.3 Å². The number of aryl methyl sites for hydroxylation is 2. The Balaban J connectivity index is 1.86. The van der Waals surface area contributed by atoms with Gasteiger partial charge in [-0.2, -0.15) is 0 Å². The van der Waals surface area contributed by atoms with Crippen LogP contribution < -0.4 is 5.32 Å². The predicted molar refractivity (Wildman–Crippen MR) is 71.5 cm³/mol. The number of hydrogen-bond acceptors (Lipinski definition) is 2. The summed E-state index contributed by atoms with van der Waals surface area (Å²) in [5.74, 6) is 0.275. The number of benzene rings is 1. The van der Waals surface area contributed by atoms with Gasteiger partial charge in [0.15, 0.2) is 0 Å². The average molecular weight is 231 g/mol. The van der Waals surface area contributed by atoms with Crippen molar-refractivity contribution in [2.45, 2.75) is 45.4 Å². The maximum atomic E-state index is 10.8. The number of carbonyl (C=O) groups excluding carboxylic acids is 1. The summed E-state index contributed by atoms with van der Waals surface area (Å²) in [5, 5.41) is 3.40. The lowest BCUT2D eigenvalue weighted by molar-refractivity contribution is -0.117. The molecule has 1 aromatic carbocycles. The summed E-state index contributed by atoms with van der Waals surface area (Å²) < 4.78 is 0. The van der Waals surface area contributed by atoms with E-state index < -0.39 is 0 Å². The molecular weight excluding hydrogens is 210 g/mol. The van der Waals surface area contributed by atoms with Crippen LogP contribution in [0, 0.1) is 0 Å². The summed E-state index contributed by atoms with van der Waals surface area (Å²) in [6.07, 6.45) is 6.71. The highest BCUT2D eigenvalue weighted by Crippen LogP contribution is 2.24. The Labute approximate surface area is 103 Å². The van der Waals surface area contributed by atoms with Crippen LogP contribution in [0.5, 0.6) is 0 Å². The number of hydrogen-bond donors (Lipinski definition) is 1. The van der Waals surface area contributed by atoms with Crippen LogP contribution in [0.3, 0.4) is 0 Å². The van der Waals surface area contributed by atoms with Crippen LogP contribution >= 0.6 is 0 Å². The summed E-state index contributed by atoms with van der Waals surface area (Å²) in [6, 6.07) is 6.70. The second kappa shape index (κ2) is 5.85. The third kappa shape index (κ3) is 3.58. The van der Waals surface area contributed by atoms with E-state index in [1.807, 2.05) is 0 Å². The van der Waals surface area contributed by atoms with Gasteiger partial charge in [-0.3, -0.25) is 0 Å². The summed E-state index contributed by atoms with van der Waals surface area (Å²) >= 11 is 0. The van der Waals surface area contributed by atoms with Gasteiger partial charge in [-0.15, -0.1) is 0 Å². The molecule has 0 saturated carbocycles. The molecule has 0 bridgehead atoms. The fraction of sp³-hybridized carbons (Fsp3) is 0.533. The lowest BCUT2D eigenvalue weighted by atomic mass is 9.91. The van der Waals surface area contributed by atoms with Crippen molar-refractivity contribution in [2.75, 3.05) is 11.9 Å². The standard InChI is InChI=1S/C15H21NO/c1-12(17)5-4-10-16-15-9-8-13-6-2-3-7-14(13)11-15/h8-9,11,16H,2-7,10H2,1H3. The number of fused-ring (bicyclic) bond motifs is 1. The van der Waals surface area contributed by atoms with Crippen molar-refractivity contribution in [3.63, 3.8) is 0 Å². The van der Waals surface area contributed by atoms with Crippen molar-refractivity contribution in [1.29, 1.82) is 0 Å². The second-order valence-electron chi connectivity index (χ2n) is 4.92.